The summed E-state index contributed by atoms with van der Waals surface area (Å²) >= 11 is 0. The van der Waals surface area contributed by atoms with Crippen LogP contribution in [0.25, 0.3) is 16.7 Å². The second-order valence-electron chi connectivity index (χ2n) is 5.32. The zero-order valence-electron chi connectivity index (χ0n) is 11.9. The van der Waals surface area contributed by atoms with Gasteiger partial charge in [0.2, 0.25) is 0 Å². The van der Waals surface area contributed by atoms with Crippen LogP contribution in [0.15, 0.2) is 72.5 Å². The predicted molar refractivity (Wildman–Crippen MR) is 87.0 cm³/mol. The maximum absolute atomic E-state index is 9.47. The Balaban J connectivity index is 1.93. The highest BCUT2D eigenvalue weighted by molar-refractivity contribution is 5.90. The number of nitrogens with zero attached hydrogens (tertiary/aromatic N) is 1. The molecule has 2 nitrogen and oxygen atoms in total. The van der Waals surface area contributed by atoms with Crippen molar-refractivity contribution < 1.29 is 4.74 Å². The number of hydrogen-bond donors (Lipinski definition) is 0. The van der Waals surface area contributed by atoms with Gasteiger partial charge in [-0.25, -0.2) is 0 Å². The first-order valence-electron chi connectivity index (χ1n) is 7.24. The van der Waals surface area contributed by atoms with E-state index in [4.69, 9.17) is 4.74 Å². The fourth-order valence-corrected chi connectivity index (χ4v) is 2.92. The van der Waals surface area contributed by atoms with Gasteiger partial charge in [-0.3, -0.25) is 0 Å². The molecule has 0 bridgehead atoms. The first-order chi connectivity index (χ1) is 10.9. The molecule has 0 aromatic heterocycles. The molecule has 0 fully saturated rings. The summed E-state index contributed by atoms with van der Waals surface area (Å²) in [6.45, 7) is 0. The Morgan fingerprint density at radius 3 is 2.73 bits per heavy atom. The van der Waals surface area contributed by atoms with Crippen molar-refractivity contribution in [3.05, 3.63) is 83.7 Å². The smallest absolute Gasteiger partial charge is 0.135 e. The van der Waals surface area contributed by atoms with E-state index >= 15 is 0 Å². The van der Waals surface area contributed by atoms with Crippen LogP contribution in [0.3, 0.4) is 0 Å². The predicted octanol–water partition coefficient (Wildman–Crippen LogP) is 4.84. The number of nitriles is 1. The van der Waals surface area contributed by atoms with E-state index in [1.807, 2.05) is 36.4 Å². The quantitative estimate of drug-likeness (QED) is 0.750. The molecule has 2 aromatic carbocycles. The van der Waals surface area contributed by atoms with Gasteiger partial charge >= 0.3 is 0 Å². The van der Waals surface area contributed by atoms with Crippen molar-refractivity contribution in [1.29, 1.82) is 5.26 Å². The zero-order valence-corrected chi connectivity index (χ0v) is 11.9. The second kappa shape index (κ2) is 5.05. The molecule has 0 amide bonds. The zero-order chi connectivity index (χ0) is 14.9. The van der Waals surface area contributed by atoms with Crippen LogP contribution >= 0.6 is 0 Å². The summed E-state index contributed by atoms with van der Waals surface area (Å²) in [4.78, 5) is 0. The molecule has 1 aliphatic carbocycles. The van der Waals surface area contributed by atoms with Crippen LogP contribution in [0.4, 0.5) is 0 Å². The topological polar surface area (TPSA) is 33.0 Å². The molecule has 1 heterocycles. The second-order valence-corrected chi connectivity index (χ2v) is 5.32. The van der Waals surface area contributed by atoms with E-state index < -0.39 is 0 Å². The maximum Gasteiger partial charge on any atom is 0.135 e. The van der Waals surface area contributed by atoms with Crippen molar-refractivity contribution in [3.63, 3.8) is 0 Å². The third-order valence-corrected chi connectivity index (χ3v) is 3.99. The van der Waals surface area contributed by atoms with Crippen molar-refractivity contribution in [3.8, 4) is 22.9 Å². The molecule has 0 N–H and O–H groups in total. The highest BCUT2D eigenvalue weighted by Gasteiger charge is 2.21. The van der Waals surface area contributed by atoms with E-state index in [1.165, 1.54) is 5.57 Å². The third kappa shape index (κ3) is 1.96. The molecule has 0 saturated carbocycles. The Hall–Kier alpha value is -3.05. The molecule has 2 heteroatoms. The van der Waals surface area contributed by atoms with Gasteiger partial charge in [-0.1, -0.05) is 48.6 Å². The van der Waals surface area contributed by atoms with Gasteiger partial charge in [-0.2, -0.15) is 5.26 Å². The van der Waals surface area contributed by atoms with Gasteiger partial charge in [-0.05, 0) is 29.7 Å². The van der Waals surface area contributed by atoms with Crippen LogP contribution < -0.4 is 4.74 Å². The molecule has 0 radical (unpaired) electrons. The summed E-state index contributed by atoms with van der Waals surface area (Å²) in [5.41, 5.74) is 5.95. The summed E-state index contributed by atoms with van der Waals surface area (Å²) in [5.74, 6) is 0.751. The van der Waals surface area contributed by atoms with Crippen molar-refractivity contribution >= 4 is 5.57 Å². The fourth-order valence-electron chi connectivity index (χ4n) is 2.92. The van der Waals surface area contributed by atoms with Gasteiger partial charge in [0.15, 0.2) is 0 Å². The average Bonchev–Trinajstić information content (AvgIpc) is 2.61. The minimum atomic E-state index is 0.633. The third-order valence-electron chi connectivity index (χ3n) is 3.99. The lowest BCUT2D eigenvalue weighted by molar-refractivity contribution is 0.472. The van der Waals surface area contributed by atoms with Crippen LogP contribution in [-0.4, -0.2) is 0 Å². The van der Waals surface area contributed by atoms with E-state index in [0.29, 0.717) is 5.56 Å². The van der Waals surface area contributed by atoms with Crippen molar-refractivity contribution in [2.75, 3.05) is 0 Å². The lowest BCUT2D eigenvalue weighted by atomic mass is 9.88. The van der Waals surface area contributed by atoms with Crippen LogP contribution in [0.1, 0.15) is 17.5 Å². The maximum atomic E-state index is 9.47. The molecule has 2 aliphatic rings. The molecule has 4 rings (SSSR count). The summed E-state index contributed by atoms with van der Waals surface area (Å²) < 4.78 is 5.72. The number of allylic oxidation sites excluding steroid dienone is 5. The summed E-state index contributed by atoms with van der Waals surface area (Å²) in [7, 11) is 0. The normalized spacial score (nSPS) is 14.9. The number of hydrogen-bond acceptors (Lipinski definition) is 2. The van der Waals surface area contributed by atoms with Gasteiger partial charge in [0.25, 0.3) is 0 Å². The molecular formula is C20H13NO. The van der Waals surface area contributed by atoms with Crippen LogP contribution in [0, 0.1) is 11.3 Å². The molecule has 0 spiro atoms. The minimum absolute atomic E-state index is 0.633. The summed E-state index contributed by atoms with van der Waals surface area (Å²) in [6.07, 6.45) is 9.08. The molecule has 0 unspecified atom stereocenters. The van der Waals surface area contributed by atoms with Crippen molar-refractivity contribution in [2.24, 2.45) is 0 Å². The van der Waals surface area contributed by atoms with Crippen LogP contribution in [0.5, 0.6) is 5.75 Å². The number of ether oxygens (including phenoxy) is 1. The van der Waals surface area contributed by atoms with E-state index in [-0.39, 0.29) is 0 Å². The lowest BCUT2D eigenvalue weighted by Crippen LogP contribution is -2.04. The summed E-state index contributed by atoms with van der Waals surface area (Å²) in [5, 5.41) is 9.47. The Morgan fingerprint density at radius 2 is 1.91 bits per heavy atom. The minimum Gasteiger partial charge on any atom is -0.464 e. The highest BCUT2D eigenvalue weighted by Crippen LogP contribution is 2.41. The van der Waals surface area contributed by atoms with Crippen LogP contribution in [-0.2, 0) is 0 Å². The molecule has 1 aliphatic heterocycles. The van der Waals surface area contributed by atoms with Crippen LogP contribution in [0.2, 0.25) is 0 Å². The van der Waals surface area contributed by atoms with E-state index in [9.17, 15) is 5.26 Å². The monoisotopic (exact) mass is 283 g/mol. The lowest BCUT2D eigenvalue weighted by Gasteiger charge is -2.22. The fraction of sp³-hybridized carbons (Fsp3) is 0.0500. The molecule has 22 heavy (non-hydrogen) atoms. The molecular weight excluding hydrogens is 270 g/mol. The Morgan fingerprint density at radius 1 is 1.05 bits per heavy atom. The number of benzene rings is 2. The molecule has 104 valence electrons. The van der Waals surface area contributed by atoms with Crippen molar-refractivity contribution in [2.45, 2.75) is 6.42 Å². The average molecular weight is 283 g/mol. The molecule has 2 aromatic rings. The molecule has 0 atom stereocenters. The van der Waals surface area contributed by atoms with Gasteiger partial charge in [0.1, 0.15) is 5.75 Å². The standard InChI is InChI=1S/C20H13NO/c21-12-16-10-20-19(11-18(16)14-6-2-1-3-7-14)17-9-5-4-8-15(17)13-22-20/h1-4,6-11,13H,5H2. The van der Waals surface area contributed by atoms with Gasteiger partial charge in [-0.15, -0.1) is 0 Å². The molecule has 0 saturated heterocycles. The SMILES string of the molecule is N#Cc1cc2c(cc1-c1ccccc1)C1=CCC=CC1=CO2. The van der Waals surface area contributed by atoms with Crippen molar-refractivity contribution in [1.82, 2.24) is 0 Å². The van der Waals surface area contributed by atoms with E-state index in [0.717, 1.165) is 34.4 Å². The largest absolute Gasteiger partial charge is 0.464 e. The number of fused-ring (bicyclic) bond motifs is 3. The van der Waals surface area contributed by atoms with E-state index in [2.05, 4.69) is 30.4 Å². The van der Waals surface area contributed by atoms with Gasteiger partial charge in [0.05, 0.1) is 17.9 Å². The Bertz CT molecular complexity index is 880. The number of rotatable bonds is 1. The Kier molecular flexibility index (Phi) is 2.91. The Labute approximate surface area is 129 Å². The van der Waals surface area contributed by atoms with E-state index in [1.54, 1.807) is 6.26 Å². The van der Waals surface area contributed by atoms with Gasteiger partial charge < -0.3 is 4.74 Å². The first kappa shape index (κ1) is 12.7. The first-order valence-corrected chi connectivity index (χ1v) is 7.24. The highest BCUT2D eigenvalue weighted by atomic mass is 16.5. The summed E-state index contributed by atoms with van der Waals surface area (Å²) in [6, 6.07) is 16.2. The van der Waals surface area contributed by atoms with Gasteiger partial charge in [0, 0.05) is 16.7 Å².